The van der Waals surface area contributed by atoms with Gasteiger partial charge in [0.05, 0.1) is 6.33 Å². The van der Waals surface area contributed by atoms with Crippen molar-refractivity contribution in [2.24, 2.45) is 18.9 Å². The fourth-order valence-electron chi connectivity index (χ4n) is 3.41. The van der Waals surface area contributed by atoms with Crippen molar-refractivity contribution < 1.29 is 8.42 Å². The molecule has 7 heteroatoms. The van der Waals surface area contributed by atoms with E-state index in [1.807, 2.05) is 0 Å². The van der Waals surface area contributed by atoms with Gasteiger partial charge in [0.2, 0.25) is 0 Å². The van der Waals surface area contributed by atoms with Crippen molar-refractivity contribution in [3.05, 3.63) is 6.33 Å². The van der Waals surface area contributed by atoms with Gasteiger partial charge in [-0.2, -0.15) is 0 Å². The summed E-state index contributed by atoms with van der Waals surface area (Å²) < 4.78 is 28.9. The normalized spacial score (nSPS) is 31.1. The molecule has 3 rings (SSSR count). The molecule has 2 saturated carbocycles. The highest BCUT2D eigenvalue weighted by Gasteiger charge is 2.41. The molecule has 2 aliphatic carbocycles. The Morgan fingerprint density at radius 2 is 2.22 bits per heavy atom. The lowest BCUT2D eigenvalue weighted by Gasteiger charge is -2.22. The number of hydrogen-bond donors (Lipinski definition) is 2. The van der Waals surface area contributed by atoms with Gasteiger partial charge in [-0.05, 0) is 31.1 Å². The molecular weight excluding hydrogens is 252 g/mol. The smallest absolute Gasteiger partial charge is 0.260 e. The van der Waals surface area contributed by atoms with Gasteiger partial charge in [-0.15, -0.1) is 0 Å². The molecule has 2 aliphatic rings. The molecule has 2 bridgehead atoms. The topological polar surface area (TPSA) is 90.0 Å². The van der Waals surface area contributed by atoms with Gasteiger partial charge < -0.3 is 10.3 Å². The Morgan fingerprint density at radius 3 is 2.72 bits per heavy atom. The van der Waals surface area contributed by atoms with Gasteiger partial charge in [-0.25, -0.2) is 18.1 Å². The summed E-state index contributed by atoms with van der Waals surface area (Å²) in [5.74, 6) is 1.26. The molecule has 1 heterocycles. The number of fused-ring (bicyclic) bond motifs is 2. The Balaban J connectivity index is 1.84. The fourth-order valence-corrected chi connectivity index (χ4v) is 4.96. The van der Waals surface area contributed by atoms with Crippen LogP contribution in [0.3, 0.4) is 0 Å². The van der Waals surface area contributed by atoms with Gasteiger partial charge in [0, 0.05) is 13.1 Å². The van der Waals surface area contributed by atoms with E-state index in [0.29, 0.717) is 11.8 Å². The lowest BCUT2D eigenvalue weighted by atomic mass is 9.96. The molecule has 3 atom stereocenters. The van der Waals surface area contributed by atoms with E-state index >= 15 is 0 Å². The lowest BCUT2D eigenvalue weighted by molar-refractivity contribution is 0.389. The summed E-state index contributed by atoms with van der Waals surface area (Å²) in [6.45, 7) is 0. The Kier molecular flexibility index (Phi) is 2.63. The second-order valence-electron chi connectivity index (χ2n) is 5.45. The van der Waals surface area contributed by atoms with Crippen LogP contribution in [0.5, 0.6) is 0 Å². The van der Waals surface area contributed by atoms with Gasteiger partial charge in [0.25, 0.3) is 10.0 Å². The highest BCUT2D eigenvalue weighted by molar-refractivity contribution is 7.89. The van der Waals surface area contributed by atoms with Gasteiger partial charge >= 0.3 is 0 Å². The Morgan fingerprint density at radius 1 is 1.44 bits per heavy atom. The molecule has 0 spiro atoms. The van der Waals surface area contributed by atoms with Crippen LogP contribution < -0.4 is 10.5 Å². The van der Waals surface area contributed by atoms with Crippen LogP contribution in [0, 0.1) is 11.8 Å². The largest absolute Gasteiger partial charge is 0.381 e. The molecule has 3 N–H and O–H groups in total. The number of anilines is 1. The number of imidazole rings is 1. The molecule has 1 aromatic rings. The average Bonchev–Trinajstić information content (AvgIpc) is 2.93. The SMILES string of the molecule is Cn1cnc(N)c1S(=O)(=O)NC1CC2CCC1C2. The summed E-state index contributed by atoms with van der Waals surface area (Å²) in [5.41, 5.74) is 5.63. The van der Waals surface area contributed by atoms with Crippen molar-refractivity contribution in [3.63, 3.8) is 0 Å². The summed E-state index contributed by atoms with van der Waals surface area (Å²) in [6, 6.07) is 0.0723. The third-order valence-electron chi connectivity index (χ3n) is 4.21. The van der Waals surface area contributed by atoms with Crippen LogP contribution in [0.1, 0.15) is 25.7 Å². The first-order valence-electron chi connectivity index (χ1n) is 6.26. The molecule has 18 heavy (non-hydrogen) atoms. The minimum absolute atomic E-state index is 0.0631. The predicted molar refractivity (Wildman–Crippen MR) is 67.2 cm³/mol. The molecule has 0 amide bonds. The molecule has 1 aromatic heterocycles. The third-order valence-corrected chi connectivity index (χ3v) is 5.83. The zero-order chi connectivity index (χ0) is 12.9. The van der Waals surface area contributed by atoms with E-state index in [2.05, 4.69) is 9.71 Å². The summed E-state index contributed by atoms with van der Waals surface area (Å²) in [4.78, 5) is 3.83. The molecule has 0 aliphatic heterocycles. The van der Waals surface area contributed by atoms with E-state index in [1.165, 1.54) is 17.3 Å². The van der Waals surface area contributed by atoms with Crippen LogP contribution in [0.25, 0.3) is 0 Å². The number of aromatic nitrogens is 2. The summed E-state index contributed by atoms with van der Waals surface area (Å²) >= 11 is 0. The first-order chi connectivity index (χ1) is 8.47. The van der Waals surface area contributed by atoms with E-state index in [1.54, 1.807) is 7.05 Å². The van der Waals surface area contributed by atoms with E-state index in [-0.39, 0.29) is 16.9 Å². The third kappa shape index (κ3) is 1.81. The highest BCUT2D eigenvalue weighted by Crippen LogP contribution is 2.44. The van der Waals surface area contributed by atoms with Crippen molar-refractivity contribution in [1.29, 1.82) is 0 Å². The molecule has 3 unspecified atom stereocenters. The van der Waals surface area contributed by atoms with Gasteiger partial charge in [-0.1, -0.05) is 6.42 Å². The molecule has 0 radical (unpaired) electrons. The number of nitrogens with two attached hydrogens (primary N) is 1. The lowest BCUT2D eigenvalue weighted by Crippen LogP contribution is -2.39. The minimum atomic E-state index is -3.56. The van der Waals surface area contributed by atoms with Crippen LogP contribution in [0.4, 0.5) is 5.82 Å². The minimum Gasteiger partial charge on any atom is -0.381 e. The monoisotopic (exact) mass is 270 g/mol. The number of aryl methyl sites for hydroxylation is 1. The zero-order valence-corrected chi connectivity index (χ0v) is 11.2. The number of nitrogens with one attached hydrogen (secondary N) is 1. The number of rotatable bonds is 3. The van der Waals surface area contributed by atoms with E-state index in [0.717, 1.165) is 19.3 Å². The van der Waals surface area contributed by atoms with Crippen molar-refractivity contribution in [1.82, 2.24) is 14.3 Å². The van der Waals surface area contributed by atoms with Crippen LogP contribution in [0.15, 0.2) is 11.4 Å². The Labute approximate surface area is 107 Å². The Bertz CT molecular complexity index is 546. The molecule has 100 valence electrons. The molecule has 2 fully saturated rings. The molecular formula is C11H18N4O2S. The molecule has 0 aromatic carbocycles. The summed E-state index contributed by atoms with van der Waals surface area (Å²) in [6.07, 6.45) is 5.93. The maximum absolute atomic E-state index is 12.3. The fraction of sp³-hybridized carbons (Fsp3) is 0.727. The summed E-state index contributed by atoms with van der Waals surface area (Å²) in [7, 11) is -1.92. The standard InChI is InChI=1S/C11H18N4O2S/c1-15-6-13-10(12)11(15)18(16,17)14-9-5-7-2-3-8(9)4-7/h6-9,14H,2-5,12H2,1H3. The maximum atomic E-state index is 12.3. The van der Waals surface area contributed by atoms with Gasteiger partial charge in [-0.3, -0.25) is 0 Å². The van der Waals surface area contributed by atoms with Crippen LogP contribution in [0.2, 0.25) is 0 Å². The van der Waals surface area contributed by atoms with E-state index in [4.69, 9.17) is 5.73 Å². The van der Waals surface area contributed by atoms with Crippen LogP contribution in [-0.4, -0.2) is 24.0 Å². The second-order valence-corrected chi connectivity index (χ2v) is 7.08. The second kappa shape index (κ2) is 3.96. The quantitative estimate of drug-likeness (QED) is 0.835. The van der Waals surface area contributed by atoms with Crippen LogP contribution in [-0.2, 0) is 17.1 Å². The predicted octanol–water partition coefficient (Wildman–Crippen LogP) is 0.469. The van der Waals surface area contributed by atoms with E-state index in [9.17, 15) is 8.42 Å². The number of sulfonamides is 1. The van der Waals surface area contributed by atoms with Gasteiger partial charge in [0.1, 0.15) is 0 Å². The molecule has 0 saturated heterocycles. The van der Waals surface area contributed by atoms with Crippen molar-refractivity contribution in [2.45, 2.75) is 36.8 Å². The average molecular weight is 270 g/mol. The Hall–Kier alpha value is -1.08. The van der Waals surface area contributed by atoms with Crippen molar-refractivity contribution >= 4 is 15.8 Å². The molecule has 6 nitrogen and oxygen atoms in total. The van der Waals surface area contributed by atoms with Crippen molar-refractivity contribution in [2.75, 3.05) is 5.73 Å². The first kappa shape index (κ1) is 12.0. The number of hydrogen-bond acceptors (Lipinski definition) is 4. The van der Waals surface area contributed by atoms with Crippen molar-refractivity contribution in [3.8, 4) is 0 Å². The summed E-state index contributed by atoms with van der Waals surface area (Å²) in [5, 5.41) is 0.0743. The van der Waals surface area contributed by atoms with Crippen LogP contribution >= 0.6 is 0 Å². The number of nitrogen functional groups attached to an aromatic ring is 1. The van der Waals surface area contributed by atoms with Gasteiger partial charge in [0.15, 0.2) is 10.8 Å². The number of nitrogens with zero attached hydrogens (tertiary/aromatic N) is 2. The van der Waals surface area contributed by atoms with E-state index < -0.39 is 10.0 Å². The first-order valence-corrected chi connectivity index (χ1v) is 7.75. The zero-order valence-electron chi connectivity index (χ0n) is 10.3. The highest BCUT2D eigenvalue weighted by atomic mass is 32.2. The maximum Gasteiger partial charge on any atom is 0.260 e.